The number of hydrogen-bond donors (Lipinski definition) is 0. The molecule has 0 N–H and O–H groups in total. The van der Waals surface area contributed by atoms with Crippen LogP contribution in [0.1, 0.15) is 303 Å². The number of hydrogen-bond acceptors (Lipinski definition) is 6. The maximum absolute atomic E-state index is 12.8. The highest BCUT2D eigenvalue weighted by Gasteiger charge is 2.19. The minimum Gasteiger partial charge on any atom is -0.462 e. The molecule has 6 heteroatoms. The first-order valence-corrected chi connectivity index (χ1v) is 26.5. The first kappa shape index (κ1) is 57.4. The third kappa shape index (κ3) is 47.3. The van der Waals surface area contributed by atoms with Gasteiger partial charge in [0.1, 0.15) is 13.2 Å². The summed E-state index contributed by atoms with van der Waals surface area (Å²) in [6.45, 7) is 6.67. The van der Waals surface area contributed by atoms with Crippen LogP contribution < -0.4 is 0 Å². The summed E-state index contributed by atoms with van der Waals surface area (Å²) in [6.07, 6.45) is 52.3. The highest BCUT2D eigenvalue weighted by atomic mass is 16.6. The Kier molecular flexibility index (Phi) is 47.7. The molecule has 0 aromatic rings. The lowest BCUT2D eigenvalue weighted by Gasteiger charge is -2.18. The molecule has 0 aliphatic carbocycles. The molecule has 0 fully saturated rings. The van der Waals surface area contributed by atoms with Gasteiger partial charge in [-0.1, -0.05) is 265 Å². The van der Waals surface area contributed by atoms with Gasteiger partial charge < -0.3 is 14.2 Å². The van der Waals surface area contributed by atoms with E-state index in [0.717, 1.165) is 57.8 Å². The molecular formula is C53H102O6. The smallest absolute Gasteiger partial charge is 0.306 e. The molecule has 0 amide bonds. The number of unbranched alkanes of at least 4 members (excludes halogenated alkanes) is 38. The normalized spacial score (nSPS) is 11.8. The van der Waals surface area contributed by atoms with Crippen LogP contribution >= 0.6 is 0 Å². The molecule has 59 heavy (non-hydrogen) atoms. The predicted octanol–water partition coefficient (Wildman–Crippen LogP) is 17.2. The summed E-state index contributed by atoms with van der Waals surface area (Å²) >= 11 is 0. The molecule has 0 aromatic carbocycles. The minimum absolute atomic E-state index is 0.0619. The lowest BCUT2D eigenvalue weighted by Crippen LogP contribution is -2.30. The number of rotatable bonds is 49. The van der Waals surface area contributed by atoms with E-state index in [1.807, 2.05) is 0 Å². The van der Waals surface area contributed by atoms with E-state index in [9.17, 15) is 14.4 Å². The van der Waals surface area contributed by atoms with Crippen molar-refractivity contribution in [3.63, 3.8) is 0 Å². The van der Waals surface area contributed by atoms with Crippen molar-refractivity contribution in [2.24, 2.45) is 0 Å². The average molecular weight is 835 g/mol. The SMILES string of the molecule is CCCCCCCCCCCCCCCCCCCCC(=O)O[C@H](COC(=O)CCCCCCCCCCC)COC(=O)CCCCCCCCCCCCCCCC. The van der Waals surface area contributed by atoms with Gasteiger partial charge in [0.2, 0.25) is 0 Å². The molecular weight excluding hydrogens is 733 g/mol. The lowest BCUT2D eigenvalue weighted by atomic mass is 10.0. The van der Waals surface area contributed by atoms with Crippen LogP contribution in [0.3, 0.4) is 0 Å². The second kappa shape index (κ2) is 49.1. The van der Waals surface area contributed by atoms with Crippen molar-refractivity contribution in [1.82, 2.24) is 0 Å². The van der Waals surface area contributed by atoms with Gasteiger partial charge in [-0.05, 0) is 19.3 Å². The first-order valence-electron chi connectivity index (χ1n) is 26.5. The van der Waals surface area contributed by atoms with Crippen LogP contribution in [0.15, 0.2) is 0 Å². The Morgan fingerprint density at radius 3 is 0.678 bits per heavy atom. The predicted molar refractivity (Wildman–Crippen MR) is 252 cm³/mol. The highest BCUT2D eigenvalue weighted by Crippen LogP contribution is 2.17. The highest BCUT2D eigenvalue weighted by molar-refractivity contribution is 5.71. The van der Waals surface area contributed by atoms with E-state index < -0.39 is 6.10 Å². The maximum Gasteiger partial charge on any atom is 0.306 e. The minimum atomic E-state index is -0.759. The second-order valence-corrected chi connectivity index (χ2v) is 18.2. The Bertz CT molecular complexity index is 874. The Balaban J connectivity index is 4.24. The summed E-state index contributed by atoms with van der Waals surface area (Å²) in [6, 6.07) is 0. The summed E-state index contributed by atoms with van der Waals surface area (Å²) in [4.78, 5) is 37.9. The van der Waals surface area contributed by atoms with Crippen molar-refractivity contribution < 1.29 is 28.6 Å². The van der Waals surface area contributed by atoms with Crippen molar-refractivity contribution >= 4 is 17.9 Å². The fraction of sp³-hybridized carbons (Fsp3) is 0.943. The van der Waals surface area contributed by atoms with Gasteiger partial charge in [0.05, 0.1) is 0 Å². The molecule has 0 saturated heterocycles. The molecule has 0 aliphatic rings. The molecule has 0 spiro atoms. The average Bonchev–Trinajstić information content (AvgIpc) is 3.23. The van der Waals surface area contributed by atoms with Crippen LogP contribution in [0.4, 0.5) is 0 Å². The largest absolute Gasteiger partial charge is 0.462 e. The molecule has 0 radical (unpaired) electrons. The van der Waals surface area contributed by atoms with E-state index in [0.29, 0.717) is 19.3 Å². The summed E-state index contributed by atoms with van der Waals surface area (Å²) in [7, 11) is 0. The zero-order valence-electron chi connectivity index (χ0n) is 40.1. The molecule has 6 nitrogen and oxygen atoms in total. The van der Waals surface area contributed by atoms with Gasteiger partial charge in [0.15, 0.2) is 6.10 Å². The van der Waals surface area contributed by atoms with Gasteiger partial charge in [0, 0.05) is 19.3 Å². The van der Waals surface area contributed by atoms with Crippen molar-refractivity contribution in [3.05, 3.63) is 0 Å². The van der Waals surface area contributed by atoms with Gasteiger partial charge in [-0.15, -0.1) is 0 Å². The fourth-order valence-electron chi connectivity index (χ4n) is 8.09. The van der Waals surface area contributed by atoms with Gasteiger partial charge >= 0.3 is 17.9 Å². The molecule has 0 rings (SSSR count). The van der Waals surface area contributed by atoms with E-state index in [1.165, 1.54) is 205 Å². The van der Waals surface area contributed by atoms with Crippen molar-refractivity contribution in [1.29, 1.82) is 0 Å². The lowest BCUT2D eigenvalue weighted by molar-refractivity contribution is -0.167. The van der Waals surface area contributed by atoms with Gasteiger partial charge in [-0.2, -0.15) is 0 Å². The number of esters is 3. The van der Waals surface area contributed by atoms with Crippen molar-refractivity contribution in [2.75, 3.05) is 13.2 Å². The van der Waals surface area contributed by atoms with Crippen LogP contribution in [-0.4, -0.2) is 37.2 Å². The summed E-state index contributed by atoms with van der Waals surface area (Å²) in [5.41, 5.74) is 0. The van der Waals surface area contributed by atoms with E-state index >= 15 is 0 Å². The summed E-state index contributed by atoms with van der Waals surface area (Å²) < 4.78 is 16.8. The third-order valence-corrected chi connectivity index (χ3v) is 12.1. The van der Waals surface area contributed by atoms with Gasteiger partial charge in [0.25, 0.3) is 0 Å². The van der Waals surface area contributed by atoms with Gasteiger partial charge in [-0.3, -0.25) is 14.4 Å². The van der Waals surface area contributed by atoms with Crippen LogP contribution in [0.5, 0.6) is 0 Å². The Labute approximate surface area is 368 Å². The maximum atomic E-state index is 12.8. The Hall–Kier alpha value is -1.59. The standard InChI is InChI=1S/C53H102O6/c1-4-7-10-13-16-19-21-23-25-26-27-28-30-32-35-38-41-44-47-53(56)59-50(48-57-51(54)45-42-39-36-33-18-15-12-9-6-3)49-58-52(55)46-43-40-37-34-31-29-24-22-20-17-14-11-8-5-2/h50H,4-49H2,1-3H3/t50-/m1/s1. The van der Waals surface area contributed by atoms with Crippen molar-refractivity contribution in [3.8, 4) is 0 Å². The number of carbonyl (C=O) groups excluding carboxylic acids is 3. The number of carbonyl (C=O) groups is 3. The van der Waals surface area contributed by atoms with Crippen LogP contribution in [0, 0.1) is 0 Å². The summed E-state index contributed by atoms with van der Waals surface area (Å²) in [5.74, 6) is -0.842. The molecule has 0 aliphatic heterocycles. The van der Waals surface area contributed by atoms with Crippen LogP contribution in [0.25, 0.3) is 0 Å². The zero-order chi connectivity index (χ0) is 43.0. The monoisotopic (exact) mass is 835 g/mol. The van der Waals surface area contributed by atoms with Crippen LogP contribution in [0.2, 0.25) is 0 Å². The van der Waals surface area contributed by atoms with E-state index in [-0.39, 0.29) is 31.1 Å². The topological polar surface area (TPSA) is 78.9 Å². The van der Waals surface area contributed by atoms with Gasteiger partial charge in [-0.25, -0.2) is 0 Å². The molecule has 0 aromatic heterocycles. The fourth-order valence-corrected chi connectivity index (χ4v) is 8.09. The van der Waals surface area contributed by atoms with E-state index in [4.69, 9.17) is 14.2 Å². The third-order valence-electron chi connectivity index (χ3n) is 12.1. The second-order valence-electron chi connectivity index (χ2n) is 18.2. The molecule has 1 atom stereocenters. The van der Waals surface area contributed by atoms with E-state index in [1.54, 1.807) is 0 Å². The quantitative estimate of drug-likeness (QED) is 0.0345. The summed E-state index contributed by atoms with van der Waals surface area (Å²) in [5, 5.41) is 0. The number of ether oxygens (including phenoxy) is 3. The Morgan fingerprint density at radius 2 is 0.458 bits per heavy atom. The molecule has 350 valence electrons. The molecule has 0 heterocycles. The van der Waals surface area contributed by atoms with Crippen molar-refractivity contribution in [2.45, 2.75) is 309 Å². The first-order chi connectivity index (χ1) is 29.0. The van der Waals surface area contributed by atoms with E-state index in [2.05, 4.69) is 20.8 Å². The zero-order valence-corrected chi connectivity index (χ0v) is 40.1. The molecule has 0 unspecified atom stereocenters. The molecule has 0 bridgehead atoms. The Morgan fingerprint density at radius 1 is 0.271 bits per heavy atom. The van der Waals surface area contributed by atoms with Crippen LogP contribution in [-0.2, 0) is 28.6 Å². The molecule has 0 saturated carbocycles.